The van der Waals surface area contributed by atoms with E-state index in [9.17, 15) is 43.2 Å². The van der Waals surface area contributed by atoms with Crippen molar-refractivity contribution in [1.82, 2.24) is 0 Å². The van der Waals surface area contributed by atoms with E-state index in [1.165, 1.54) is 212 Å². The first kappa shape index (κ1) is 94.1. The number of phosphoric ester groups is 2. The fourth-order valence-electron chi connectivity index (χ4n) is 11.8. The zero-order valence-corrected chi connectivity index (χ0v) is 64.5. The molecule has 0 aromatic rings. The van der Waals surface area contributed by atoms with Crippen molar-refractivity contribution in [2.24, 2.45) is 11.8 Å². The topological polar surface area (TPSA) is 237 Å². The number of aliphatic hydroxyl groups excluding tert-OH is 1. The largest absolute Gasteiger partial charge is 0.472 e. The highest BCUT2D eigenvalue weighted by Gasteiger charge is 2.30. The van der Waals surface area contributed by atoms with Gasteiger partial charge in [-0.1, -0.05) is 350 Å². The molecule has 2 unspecified atom stereocenters. The van der Waals surface area contributed by atoms with Gasteiger partial charge < -0.3 is 33.8 Å². The van der Waals surface area contributed by atoms with Crippen molar-refractivity contribution < 1.29 is 80.2 Å². The molecule has 0 radical (unpaired) electrons. The van der Waals surface area contributed by atoms with Gasteiger partial charge in [-0.05, 0) is 37.5 Å². The van der Waals surface area contributed by atoms with Crippen molar-refractivity contribution in [3.8, 4) is 0 Å². The lowest BCUT2D eigenvalue weighted by Gasteiger charge is -2.21. The van der Waals surface area contributed by atoms with Crippen LogP contribution in [0.4, 0.5) is 0 Å². The highest BCUT2D eigenvalue weighted by Crippen LogP contribution is 2.45. The lowest BCUT2D eigenvalue weighted by atomic mass is 10.0. The van der Waals surface area contributed by atoms with Crippen molar-refractivity contribution in [2.75, 3.05) is 39.6 Å². The van der Waals surface area contributed by atoms with Crippen LogP contribution in [0, 0.1) is 11.8 Å². The van der Waals surface area contributed by atoms with Gasteiger partial charge in [-0.15, -0.1) is 0 Å². The second kappa shape index (κ2) is 68.8. The minimum Gasteiger partial charge on any atom is -0.462 e. The maximum Gasteiger partial charge on any atom is 0.472 e. The summed E-state index contributed by atoms with van der Waals surface area (Å²) in [6, 6.07) is 0. The standard InChI is InChI=1S/C77H150O17P2/c1-7-9-11-13-15-17-18-19-24-28-31-36-42-48-54-60-75(80)88-66-73(93-76(81)61-55-49-43-37-32-29-26-23-21-20-22-25-27-30-34-39-45-51-57-69(3)4)68-92-96(85,86)90-64-71(78)63-89-95(83,84)91-67-72(65-87-74(79)59-53-47-41-16-14-12-10-8-2)94-77(82)62-56-50-44-38-33-35-40-46-52-58-70(5)6/h69-73,78H,7-68H2,1-6H3,(H,83,84)(H,85,86)/t71-,72+,73+/m0/s1. The van der Waals surface area contributed by atoms with E-state index in [4.69, 9.17) is 37.0 Å². The molecule has 19 heteroatoms. The van der Waals surface area contributed by atoms with E-state index in [0.717, 1.165) is 108 Å². The summed E-state index contributed by atoms with van der Waals surface area (Å²) in [5.74, 6) is -0.560. The third-order valence-corrected chi connectivity index (χ3v) is 19.9. The second-order valence-corrected chi connectivity index (χ2v) is 31.6. The molecule has 0 heterocycles. The first-order valence-corrected chi connectivity index (χ1v) is 43.0. The third kappa shape index (κ3) is 70.5. The number of aliphatic hydroxyl groups is 1. The van der Waals surface area contributed by atoms with Crippen LogP contribution < -0.4 is 0 Å². The van der Waals surface area contributed by atoms with Crippen LogP contribution in [0.1, 0.15) is 401 Å². The first-order chi connectivity index (χ1) is 46.4. The van der Waals surface area contributed by atoms with Crippen LogP contribution in [-0.2, 0) is 65.4 Å². The van der Waals surface area contributed by atoms with Gasteiger partial charge in [-0.25, -0.2) is 9.13 Å². The van der Waals surface area contributed by atoms with Crippen LogP contribution in [0.2, 0.25) is 0 Å². The van der Waals surface area contributed by atoms with E-state index in [-0.39, 0.29) is 25.7 Å². The van der Waals surface area contributed by atoms with Gasteiger partial charge in [0.15, 0.2) is 12.2 Å². The number of esters is 4. The smallest absolute Gasteiger partial charge is 0.462 e. The molecule has 0 fully saturated rings. The van der Waals surface area contributed by atoms with E-state index in [1.54, 1.807) is 0 Å². The molecule has 0 saturated heterocycles. The molecule has 0 bridgehead atoms. The molecule has 0 amide bonds. The zero-order chi connectivity index (χ0) is 70.7. The van der Waals surface area contributed by atoms with Crippen LogP contribution in [0.15, 0.2) is 0 Å². The number of ether oxygens (including phenoxy) is 4. The lowest BCUT2D eigenvalue weighted by molar-refractivity contribution is -0.161. The highest BCUT2D eigenvalue weighted by molar-refractivity contribution is 7.47. The molecule has 0 aliphatic carbocycles. The van der Waals surface area contributed by atoms with Gasteiger partial charge in [0.2, 0.25) is 0 Å². The van der Waals surface area contributed by atoms with Crippen molar-refractivity contribution >= 4 is 39.5 Å². The SMILES string of the molecule is CCCCCCCCCCCCCCCCCC(=O)OC[C@H](COP(=O)(O)OC[C@@H](O)COP(=O)(O)OC[C@@H](COC(=O)CCCCCCCCCC)OC(=O)CCCCCCCCCCCC(C)C)OC(=O)CCCCCCCCCCCCCCCCCCCCC(C)C. The third-order valence-electron chi connectivity index (χ3n) is 18.0. The predicted octanol–water partition coefficient (Wildman–Crippen LogP) is 22.7. The fraction of sp³-hybridized carbons (Fsp3) is 0.948. The summed E-state index contributed by atoms with van der Waals surface area (Å²) in [6.07, 6.45) is 57.0. The summed E-state index contributed by atoms with van der Waals surface area (Å²) >= 11 is 0. The molecule has 3 N–H and O–H groups in total. The number of hydrogen-bond donors (Lipinski definition) is 3. The van der Waals surface area contributed by atoms with Gasteiger partial charge in [0.1, 0.15) is 19.3 Å². The number of hydrogen-bond acceptors (Lipinski definition) is 15. The molecular weight excluding hydrogens is 1260 g/mol. The van der Waals surface area contributed by atoms with Crippen LogP contribution in [0.3, 0.4) is 0 Å². The molecule has 570 valence electrons. The van der Waals surface area contributed by atoms with Crippen molar-refractivity contribution in [2.45, 2.75) is 419 Å². The molecule has 17 nitrogen and oxygen atoms in total. The molecule has 0 aliphatic heterocycles. The molecule has 0 aromatic heterocycles. The average Bonchev–Trinajstić information content (AvgIpc) is 1.16. The summed E-state index contributed by atoms with van der Waals surface area (Å²) in [6.45, 7) is 9.59. The van der Waals surface area contributed by atoms with Crippen molar-refractivity contribution in [3.63, 3.8) is 0 Å². The normalized spacial score (nSPS) is 14.0. The maximum absolute atomic E-state index is 13.1. The summed E-state index contributed by atoms with van der Waals surface area (Å²) in [5.41, 5.74) is 0. The van der Waals surface area contributed by atoms with E-state index >= 15 is 0 Å². The van der Waals surface area contributed by atoms with Crippen LogP contribution in [0.5, 0.6) is 0 Å². The van der Waals surface area contributed by atoms with Crippen molar-refractivity contribution in [3.05, 3.63) is 0 Å². The molecule has 5 atom stereocenters. The van der Waals surface area contributed by atoms with Crippen molar-refractivity contribution in [1.29, 1.82) is 0 Å². The second-order valence-electron chi connectivity index (χ2n) is 28.7. The summed E-state index contributed by atoms with van der Waals surface area (Å²) in [5, 5.41) is 10.6. The Kier molecular flexibility index (Phi) is 67.4. The van der Waals surface area contributed by atoms with Crippen LogP contribution in [-0.4, -0.2) is 96.7 Å². The molecule has 0 aliphatic rings. The number of rotatable bonds is 76. The zero-order valence-electron chi connectivity index (χ0n) is 62.7. The van der Waals surface area contributed by atoms with Gasteiger partial charge in [0, 0.05) is 25.7 Å². The number of unbranched alkanes of at least 4 members (excludes halogenated alkanes) is 46. The Balaban J connectivity index is 5.18. The Bertz CT molecular complexity index is 1860. The Labute approximate surface area is 588 Å². The molecule has 0 spiro atoms. The summed E-state index contributed by atoms with van der Waals surface area (Å²) in [4.78, 5) is 72.7. The Morgan fingerprint density at radius 1 is 0.281 bits per heavy atom. The van der Waals surface area contributed by atoms with E-state index in [1.807, 2.05) is 0 Å². The Morgan fingerprint density at radius 2 is 0.479 bits per heavy atom. The first-order valence-electron chi connectivity index (χ1n) is 40.0. The quantitative estimate of drug-likeness (QED) is 0.0222. The van der Waals surface area contributed by atoms with Crippen LogP contribution in [0.25, 0.3) is 0 Å². The summed E-state index contributed by atoms with van der Waals surface area (Å²) < 4.78 is 68.5. The Hall–Kier alpha value is -1.94. The van der Waals surface area contributed by atoms with Gasteiger partial charge in [0.05, 0.1) is 26.4 Å². The van der Waals surface area contributed by atoms with E-state index in [2.05, 4.69) is 41.5 Å². The molecule has 96 heavy (non-hydrogen) atoms. The minimum absolute atomic E-state index is 0.105. The van der Waals surface area contributed by atoms with Gasteiger partial charge >= 0.3 is 39.5 Å². The van der Waals surface area contributed by atoms with Gasteiger partial charge in [0.25, 0.3) is 0 Å². The predicted molar refractivity (Wildman–Crippen MR) is 391 cm³/mol. The van der Waals surface area contributed by atoms with Gasteiger partial charge in [-0.2, -0.15) is 0 Å². The average molecular weight is 1410 g/mol. The molecule has 0 aromatic carbocycles. The number of phosphoric acid groups is 2. The highest BCUT2D eigenvalue weighted by atomic mass is 31.2. The van der Waals surface area contributed by atoms with E-state index < -0.39 is 97.5 Å². The number of carbonyl (C=O) groups is 4. The van der Waals surface area contributed by atoms with Crippen LogP contribution >= 0.6 is 15.6 Å². The van der Waals surface area contributed by atoms with Gasteiger partial charge in [-0.3, -0.25) is 37.3 Å². The Morgan fingerprint density at radius 3 is 0.708 bits per heavy atom. The fourth-order valence-corrected chi connectivity index (χ4v) is 13.4. The maximum atomic E-state index is 13.1. The minimum atomic E-state index is -4.96. The molecule has 0 saturated carbocycles. The lowest BCUT2D eigenvalue weighted by Crippen LogP contribution is -2.30. The number of carbonyl (C=O) groups excluding carboxylic acids is 4. The summed E-state index contributed by atoms with van der Waals surface area (Å²) in [7, 11) is -9.91. The monoisotopic (exact) mass is 1410 g/mol. The van der Waals surface area contributed by atoms with E-state index in [0.29, 0.717) is 25.7 Å². The molecular formula is C77H150O17P2. The molecule has 0 rings (SSSR count).